The van der Waals surface area contributed by atoms with E-state index in [1.54, 1.807) is 0 Å². The molecular weight excluding hydrogens is 212 g/mol. The van der Waals surface area contributed by atoms with Crippen molar-refractivity contribution in [1.29, 1.82) is 0 Å². The van der Waals surface area contributed by atoms with Gasteiger partial charge in [-0.1, -0.05) is 43.7 Å². The summed E-state index contributed by atoms with van der Waals surface area (Å²) >= 11 is 0. The van der Waals surface area contributed by atoms with Crippen molar-refractivity contribution in [3.8, 4) is 0 Å². The van der Waals surface area contributed by atoms with Gasteiger partial charge in [-0.2, -0.15) is 0 Å². The van der Waals surface area contributed by atoms with E-state index in [0.29, 0.717) is 0 Å². The summed E-state index contributed by atoms with van der Waals surface area (Å²) in [6, 6.07) is 10.3. The maximum atomic E-state index is 11.6. The van der Waals surface area contributed by atoms with Gasteiger partial charge in [0.25, 0.3) is 5.56 Å². The van der Waals surface area contributed by atoms with Crippen molar-refractivity contribution in [1.82, 2.24) is 10.2 Å². The lowest BCUT2D eigenvalue weighted by Gasteiger charge is -2.01. The molecule has 0 saturated heterocycles. The van der Waals surface area contributed by atoms with Crippen LogP contribution >= 0.6 is 0 Å². The van der Waals surface area contributed by atoms with Crippen molar-refractivity contribution in [2.45, 2.75) is 32.6 Å². The van der Waals surface area contributed by atoms with Crippen LogP contribution in [0.1, 0.15) is 30.2 Å². The van der Waals surface area contributed by atoms with Crippen LogP contribution in [0.15, 0.2) is 35.1 Å². The maximum Gasteiger partial charge on any atom is 0.267 e. The van der Waals surface area contributed by atoms with Crippen LogP contribution in [-0.2, 0) is 19.3 Å². The molecule has 1 aromatic carbocycles. The number of rotatable bonds is 5. The fraction of sp³-hybridized carbons (Fsp3) is 0.357. The third kappa shape index (κ3) is 2.87. The highest BCUT2D eigenvalue weighted by Crippen LogP contribution is 2.08. The Morgan fingerprint density at radius 2 is 1.76 bits per heavy atom. The molecule has 1 aromatic heterocycles. The maximum absolute atomic E-state index is 11.6. The van der Waals surface area contributed by atoms with Gasteiger partial charge in [-0.05, 0) is 24.8 Å². The van der Waals surface area contributed by atoms with Gasteiger partial charge >= 0.3 is 0 Å². The van der Waals surface area contributed by atoms with Crippen LogP contribution in [0.2, 0.25) is 0 Å². The van der Waals surface area contributed by atoms with E-state index >= 15 is 0 Å². The van der Waals surface area contributed by atoms with Gasteiger partial charge in [0.1, 0.15) is 0 Å². The minimum atomic E-state index is 0.0318. The summed E-state index contributed by atoms with van der Waals surface area (Å²) in [7, 11) is 0. The lowest BCUT2D eigenvalue weighted by atomic mass is 10.0. The van der Waals surface area contributed by atoms with E-state index in [-0.39, 0.29) is 5.56 Å². The first-order valence-corrected chi connectivity index (χ1v) is 6.13. The Bertz CT molecular complexity index is 511. The topological polar surface area (TPSA) is 48.6 Å². The molecule has 0 bridgehead atoms. The van der Waals surface area contributed by atoms with E-state index < -0.39 is 0 Å². The SMILES string of the molecule is CCCc1[nH][nH]c(=O)c1CCc1ccccc1. The molecule has 3 heteroatoms. The standard InChI is InChI=1S/C14H18N2O/c1-2-6-13-12(14(17)16-15-13)10-9-11-7-4-3-5-8-11/h3-5,7-8H,2,6,9-10H2,1H3,(H2,15,16,17). The largest absolute Gasteiger partial charge is 0.302 e. The Balaban J connectivity index is 2.08. The van der Waals surface area contributed by atoms with Crippen LogP contribution < -0.4 is 5.56 Å². The summed E-state index contributed by atoms with van der Waals surface area (Å²) in [6.45, 7) is 2.12. The average molecular weight is 230 g/mol. The second-order valence-electron chi connectivity index (χ2n) is 4.27. The number of hydrogen-bond acceptors (Lipinski definition) is 1. The number of nitrogens with one attached hydrogen (secondary N) is 2. The molecule has 0 atom stereocenters. The van der Waals surface area contributed by atoms with Crippen molar-refractivity contribution < 1.29 is 0 Å². The molecule has 90 valence electrons. The van der Waals surface area contributed by atoms with Gasteiger partial charge in [-0.15, -0.1) is 0 Å². The molecule has 2 rings (SSSR count). The van der Waals surface area contributed by atoms with E-state index in [9.17, 15) is 4.79 Å². The molecule has 2 N–H and O–H groups in total. The highest BCUT2D eigenvalue weighted by Gasteiger charge is 2.08. The first-order valence-electron chi connectivity index (χ1n) is 6.13. The van der Waals surface area contributed by atoms with Crippen LogP contribution in [0.3, 0.4) is 0 Å². The molecule has 0 fully saturated rings. The lowest BCUT2D eigenvalue weighted by Crippen LogP contribution is -2.08. The van der Waals surface area contributed by atoms with Gasteiger partial charge in [0.2, 0.25) is 0 Å². The predicted octanol–water partition coefficient (Wildman–Crippen LogP) is 2.44. The molecule has 0 saturated carbocycles. The van der Waals surface area contributed by atoms with E-state index in [4.69, 9.17) is 0 Å². The van der Waals surface area contributed by atoms with Crippen molar-refractivity contribution in [3.05, 3.63) is 57.5 Å². The van der Waals surface area contributed by atoms with Crippen molar-refractivity contribution in [2.24, 2.45) is 0 Å². The fourth-order valence-electron chi connectivity index (χ4n) is 2.06. The summed E-state index contributed by atoms with van der Waals surface area (Å²) in [6.07, 6.45) is 3.70. The van der Waals surface area contributed by atoms with Gasteiger partial charge in [0.15, 0.2) is 0 Å². The van der Waals surface area contributed by atoms with Crippen LogP contribution in [0.25, 0.3) is 0 Å². The first kappa shape index (κ1) is 11.7. The van der Waals surface area contributed by atoms with Gasteiger partial charge < -0.3 is 5.10 Å². The number of hydrogen-bond donors (Lipinski definition) is 2. The smallest absolute Gasteiger partial charge is 0.267 e. The zero-order chi connectivity index (χ0) is 12.1. The molecule has 2 aromatic rings. The number of aromatic amines is 2. The van der Waals surface area contributed by atoms with Crippen molar-refractivity contribution in [3.63, 3.8) is 0 Å². The zero-order valence-electron chi connectivity index (χ0n) is 10.1. The molecule has 0 aliphatic heterocycles. The molecule has 1 heterocycles. The monoisotopic (exact) mass is 230 g/mol. The number of H-pyrrole nitrogens is 2. The van der Waals surface area contributed by atoms with Crippen molar-refractivity contribution in [2.75, 3.05) is 0 Å². The zero-order valence-corrected chi connectivity index (χ0v) is 10.1. The summed E-state index contributed by atoms with van der Waals surface area (Å²) < 4.78 is 0. The van der Waals surface area contributed by atoms with Gasteiger partial charge in [-0.25, -0.2) is 0 Å². The van der Waals surface area contributed by atoms with Gasteiger partial charge in [0.05, 0.1) is 0 Å². The quantitative estimate of drug-likeness (QED) is 0.814. The van der Waals surface area contributed by atoms with E-state index in [1.807, 2.05) is 18.2 Å². The Kier molecular flexibility index (Phi) is 3.81. The molecule has 0 spiro atoms. The Morgan fingerprint density at radius 3 is 2.47 bits per heavy atom. The summed E-state index contributed by atoms with van der Waals surface area (Å²) in [5.41, 5.74) is 3.28. The third-order valence-electron chi connectivity index (χ3n) is 2.97. The molecule has 0 amide bonds. The van der Waals surface area contributed by atoms with E-state index in [0.717, 1.165) is 36.9 Å². The Labute approximate surface area is 101 Å². The second-order valence-corrected chi connectivity index (χ2v) is 4.27. The third-order valence-corrected chi connectivity index (χ3v) is 2.97. The van der Waals surface area contributed by atoms with Crippen LogP contribution in [-0.4, -0.2) is 10.2 Å². The highest BCUT2D eigenvalue weighted by molar-refractivity contribution is 5.21. The molecule has 3 nitrogen and oxygen atoms in total. The van der Waals surface area contributed by atoms with Gasteiger partial charge in [0, 0.05) is 11.3 Å². The molecular formula is C14H18N2O. The highest BCUT2D eigenvalue weighted by atomic mass is 16.1. The van der Waals surface area contributed by atoms with E-state index in [1.165, 1.54) is 5.56 Å². The minimum absolute atomic E-state index is 0.0318. The minimum Gasteiger partial charge on any atom is -0.302 e. The molecule has 0 aliphatic carbocycles. The number of benzene rings is 1. The number of aryl methyl sites for hydroxylation is 2. The Hall–Kier alpha value is -1.77. The molecule has 0 aliphatic rings. The molecule has 0 radical (unpaired) electrons. The fourth-order valence-corrected chi connectivity index (χ4v) is 2.06. The summed E-state index contributed by atoms with van der Waals surface area (Å²) in [5.74, 6) is 0. The second kappa shape index (κ2) is 5.53. The lowest BCUT2D eigenvalue weighted by molar-refractivity contribution is 0.842. The average Bonchev–Trinajstić information content (AvgIpc) is 2.70. The first-order chi connectivity index (χ1) is 8.31. The Morgan fingerprint density at radius 1 is 1.00 bits per heavy atom. The number of aromatic nitrogens is 2. The van der Waals surface area contributed by atoms with Gasteiger partial charge in [-0.3, -0.25) is 9.89 Å². The molecule has 17 heavy (non-hydrogen) atoms. The normalized spacial score (nSPS) is 10.6. The van der Waals surface area contributed by atoms with Crippen LogP contribution in [0.4, 0.5) is 0 Å². The van der Waals surface area contributed by atoms with Crippen molar-refractivity contribution >= 4 is 0 Å². The molecule has 0 unspecified atom stereocenters. The predicted molar refractivity (Wildman–Crippen MR) is 69.3 cm³/mol. The summed E-state index contributed by atoms with van der Waals surface area (Å²) in [4.78, 5) is 11.6. The van der Waals surface area contributed by atoms with Crippen LogP contribution in [0.5, 0.6) is 0 Å². The van der Waals surface area contributed by atoms with Crippen LogP contribution in [0, 0.1) is 0 Å². The van der Waals surface area contributed by atoms with E-state index in [2.05, 4.69) is 29.3 Å². The summed E-state index contributed by atoms with van der Waals surface area (Å²) in [5, 5.41) is 5.65.